The molecular weight excluding hydrogens is 386 g/mol. The van der Waals surface area contributed by atoms with E-state index in [9.17, 15) is 9.59 Å². The van der Waals surface area contributed by atoms with Crippen LogP contribution in [-0.4, -0.2) is 38.9 Å². The molecule has 2 aromatic carbocycles. The summed E-state index contributed by atoms with van der Waals surface area (Å²) in [5.74, 6) is -0.287. The number of ether oxygens (including phenoxy) is 3. The van der Waals surface area contributed by atoms with Crippen LogP contribution >= 0.6 is 11.6 Å². The first-order valence-electron chi connectivity index (χ1n) is 8.27. The third kappa shape index (κ3) is 5.62. The molecule has 0 radical (unpaired) electrons. The molecule has 0 bridgehead atoms. The first kappa shape index (κ1) is 21.0. The fourth-order valence-corrected chi connectivity index (χ4v) is 2.50. The summed E-state index contributed by atoms with van der Waals surface area (Å²) in [6.45, 7) is 2.26. The largest absolute Gasteiger partial charge is 0.497 e. The van der Waals surface area contributed by atoms with E-state index >= 15 is 0 Å². The number of benzene rings is 2. The van der Waals surface area contributed by atoms with Crippen LogP contribution in [0.1, 0.15) is 12.5 Å². The number of carbonyl (C=O) groups is 2. The SMILES string of the molecule is CCOc1cc(/C=N\NC(=O)C(=O)Nc2ccc(OC)cc2)cc(Cl)c1OC. The molecule has 148 valence electrons. The molecule has 0 aliphatic rings. The lowest BCUT2D eigenvalue weighted by molar-refractivity contribution is -0.136. The molecule has 0 unspecified atom stereocenters. The van der Waals surface area contributed by atoms with Crippen LogP contribution in [-0.2, 0) is 9.59 Å². The molecule has 2 N–H and O–H groups in total. The molecule has 9 heteroatoms. The third-order valence-electron chi connectivity index (χ3n) is 3.47. The van der Waals surface area contributed by atoms with E-state index in [1.54, 1.807) is 36.4 Å². The van der Waals surface area contributed by atoms with Gasteiger partial charge in [0.25, 0.3) is 0 Å². The number of carbonyl (C=O) groups excluding carboxylic acids is 2. The lowest BCUT2D eigenvalue weighted by atomic mass is 10.2. The number of methoxy groups -OCH3 is 2. The molecule has 0 spiro atoms. The zero-order valence-electron chi connectivity index (χ0n) is 15.6. The van der Waals surface area contributed by atoms with E-state index in [0.717, 1.165) is 0 Å². The summed E-state index contributed by atoms with van der Waals surface area (Å²) >= 11 is 6.15. The Bertz CT molecular complexity index is 869. The van der Waals surface area contributed by atoms with E-state index in [1.165, 1.54) is 20.4 Å². The number of hydrogen-bond acceptors (Lipinski definition) is 6. The molecule has 0 aliphatic carbocycles. The Morgan fingerprint density at radius 2 is 1.82 bits per heavy atom. The molecular formula is C19H20ClN3O5. The first-order chi connectivity index (χ1) is 13.5. The van der Waals surface area contributed by atoms with Gasteiger partial charge in [-0.25, -0.2) is 5.43 Å². The van der Waals surface area contributed by atoms with E-state index < -0.39 is 11.8 Å². The molecule has 0 saturated carbocycles. The van der Waals surface area contributed by atoms with E-state index in [1.807, 2.05) is 6.92 Å². The third-order valence-corrected chi connectivity index (χ3v) is 3.75. The van der Waals surface area contributed by atoms with Gasteiger partial charge in [0, 0.05) is 5.69 Å². The minimum atomic E-state index is -0.920. The number of nitrogens with zero attached hydrogens (tertiary/aromatic N) is 1. The van der Waals surface area contributed by atoms with Crippen molar-refractivity contribution >= 4 is 35.3 Å². The maximum absolute atomic E-state index is 11.9. The molecule has 0 fully saturated rings. The van der Waals surface area contributed by atoms with Crippen molar-refractivity contribution in [2.75, 3.05) is 26.1 Å². The van der Waals surface area contributed by atoms with Crippen LogP contribution in [0.2, 0.25) is 5.02 Å². The Labute approximate surface area is 167 Å². The quantitative estimate of drug-likeness (QED) is 0.419. The van der Waals surface area contributed by atoms with Crippen LogP contribution in [0.3, 0.4) is 0 Å². The van der Waals surface area contributed by atoms with E-state index in [-0.39, 0.29) is 0 Å². The Morgan fingerprint density at radius 1 is 1.11 bits per heavy atom. The highest BCUT2D eigenvalue weighted by Crippen LogP contribution is 2.35. The highest BCUT2D eigenvalue weighted by atomic mass is 35.5. The second kappa shape index (κ2) is 10.2. The summed E-state index contributed by atoms with van der Waals surface area (Å²) in [7, 11) is 3.02. The summed E-state index contributed by atoms with van der Waals surface area (Å²) in [5.41, 5.74) is 3.16. The van der Waals surface area contributed by atoms with Crippen molar-refractivity contribution in [3.63, 3.8) is 0 Å². The predicted octanol–water partition coefficient (Wildman–Crippen LogP) is 2.84. The average Bonchev–Trinajstić information content (AvgIpc) is 2.68. The highest BCUT2D eigenvalue weighted by Gasteiger charge is 2.13. The number of amides is 2. The van der Waals surface area contributed by atoms with Gasteiger partial charge < -0.3 is 19.5 Å². The van der Waals surface area contributed by atoms with E-state index in [0.29, 0.717) is 40.1 Å². The molecule has 28 heavy (non-hydrogen) atoms. The molecule has 8 nitrogen and oxygen atoms in total. The first-order valence-corrected chi connectivity index (χ1v) is 8.65. The van der Waals surface area contributed by atoms with Gasteiger partial charge in [-0.15, -0.1) is 0 Å². The molecule has 0 saturated heterocycles. The lowest BCUT2D eigenvalue weighted by Gasteiger charge is -2.11. The van der Waals surface area contributed by atoms with E-state index in [4.69, 9.17) is 25.8 Å². The monoisotopic (exact) mass is 405 g/mol. The zero-order chi connectivity index (χ0) is 20.5. The summed E-state index contributed by atoms with van der Waals surface area (Å²) in [5, 5.41) is 6.55. The zero-order valence-corrected chi connectivity index (χ0v) is 16.4. The van der Waals surface area contributed by atoms with Crippen molar-refractivity contribution in [2.24, 2.45) is 5.10 Å². The average molecular weight is 406 g/mol. The van der Waals surface area contributed by atoms with Crippen LogP contribution in [0.25, 0.3) is 0 Å². The van der Waals surface area contributed by atoms with Crippen molar-refractivity contribution in [3.05, 3.63) is 47.0 Å². The summed E-state index contributed by atoms with van der Waals surface area (Å²) in [4.78, 5) is 23.8. The van der Waals surface area contributed by atoms with Gasteiger partial charge in [0.05, 0.1) is 32.1 Å². The topological polar surface area (TPSA) is 98.2 Å². The maximum atomic E-state index is 11.9. The Balaban J connectivity index is 1.99. The number of rotatable bonds is 7. The Kier molecular flexibility index (Phi) is 7.65. The summed E-state index contributed by atoms with van der Waals surface area (Å²) < 4.78 is 15.7. The van der Waals surface area contributed by atoms with Crippen LogP contribution in [0.15, 0.2) is 41.5 Å². The second-order valence-corrected chi connectivity index (χ2v) is 5.76. The Morgan fingerprint density at radius 3 is 2.43 bits per heavy atom. The molecule has 0 atom stereocenters. The van der Waals surface area contributed by atoms with Crippen LogP contribution < -0.4 is 25.0 Å². The lowest BCUT2D eigenvalue weighted by Crippen LogP contribution is -2.32. The molecule has 2 aromatic rings. The van der Waals surface area contributed by atoms with Crippen LogP contribution in [0.5, 0.6) is 17.2 Å². The standard InChI is InChI=1S/C19H20ClN3O5/c1-4-28-16-10-12(9-15(20)17(16)27-3)11-21-23-19(25)18(24)22-13-5-7-14(26-2)8-6-13/h5-11H,4H2,1-3H3,(H,22,24)(H,23,25)/b21-11-. The fraction of sp³-hybridized carbons (Fsp3) is 0.211. The van der Waals surface area contributed by atoms with Crippen molar-refractivity contribution in [3.8, 4) is 17.2 Å². The molecule has 0 heterocycles. The van der Waals surface area contributed by atoms with Crippen LogP contribution in [0.4, 0.5) is 5.69 Å². The van der Waals surface area contributed by atoms with Crippen molar-refractivity contribution < 1.29 is 23.8 Å². The van der Waals surface area contributed by atoms with Gasteiger partial charge in [0.2, 0.25) is 0 Å². The minimum Gasteiger partial charge on any atom is -0.497 e. The van der Waals surface area contributed by atoms with Crippen molar-refractivity contribution in [1.29, 1.82) is 0 Å². The van der Waals surface area contributed by atoms with Gasteiger partial charge in [-0.1, -0.05) is 11.6 Å². The summed E-state index contributed by atoms with van der Waals surface area (Å²) in [6, 6.07) is 9.80. The van der Waals surface area contributed by atoms with Gasteiger partial charge in [-0.05, 0) is 48.9 Å². The Hall–Kier alpha value is -3.26. The summed E-state index contributed by atoms with van der Waals surface area (Å²) in [6.07, 6.45) is 1.34. The van der Waals surface area contributed by atoms with Gasteiger partial charge in [-0.2, -0.15) is 5.10 Å². The molecule has 2 amide bonds. The van der Waals surface area contributed by atoms with Gasteiger partial charge in [-0.3, -0.25) is 9.59 Å². The number of anilines is 1. The number of hydrogen-bond donors (Lipinski definition) is 2. The number of nitrogens with one attached hydrogen (secondary N) is 2. The minimum absolute atomic E-state index is 0.332. The normalized spacial score (nSPS) is 10.4. The van der Waals surface area contributed by atoms with Gasteiger partial charge in [0.15, 0.2) is 11.5 Å². The maximum Gasteiger partial charge on any atom is 0.329 e. The highest BCUT2D eigenvalue weighted by molar-refractivity contribution is 6.39. The number of halogens is 1. The second-order valence-electron chi connectivity index (χ2n) is 5.35. The van der Waals surface area contributed by atoms with E-state index in [2.05, 4.69) is 15.8 Å². The smallest absolute Gasteiger partial charge is 0.329 e. The van der Waals surface area contributed by atoms with Crippen LogP contribution in [0, 0.1) is 0 Å². The predicted molar refractivity (Wildman–Crippen MR) is 107 cm³/mol. The molecule has 0 aliphatic heterocycles. The fourth-order valence-electron chi connectivity index (χ4n) is 2.20. The van der Waals surface area contributed by atoms with Crippen molar-refractivity contribution in [2.45, 2.75) is 6.92 Å². The van der Waals surface area contributed by atoms with Gasteiger partial charge in [0.1, 0.15) is 5.75 Å². The van der Waals surface area contributed by atoms with Crippen molar-refractivity contribution in [1.82, 2.24) is 5.43 Å². The molecule has 2 rings (SSSR count). The molecule has 0 aromatic heterocycles. The number of hydrazone groups is 1. The van der Waals surface area contributed by atoms with Gasteiger partial charge >= 0.3 is 11.8 Å².